The molecule has 274 valence electrons. The van der Waals surface area contributed by atoms with Crippen molar-refractivity contribution in [3.8, 4) is 11.1 Å². The first-order chi connectivity index (χ1) is 23.8. The van der Waals surface area contributed by atoms with E-state index in [0.717, 1.165) is 11.1 Å². The fourth-order valence-electron chi connectivity index (χ4n) is 5.50. The third-order valence-electron chi connectivity index (χ3n) is 9.08. The van der Waals surface area contributed by atoms with E-state index in [1.54, 1.807) is 44.9 Å². The molecule has 13 heteroatoms. The van der Waals surface area contributed by atoms with Crippen molar-refractivity contribution < 1.29 is 29.0 Å². The fraction of sp³-hybridized carbons (Fsp3) is 0.541. The molecule has 5 atom stereocenters. The Morgan fingerprint density at radius 2 is 1.20 bits per heavy atom. The van der Waals surface area contributed by atoms with Crippen LogP contribution in [0.1, 0.15) is 82.0 Å². The van der Waals surface area contributed by atoms with Gasteiger partial charge in [0.2, 0.25) is 11.8 Å². The van der Waals surface area contributed by atoms with Crippen LogP contribution >= 0.6 is 11.6 Å². The molecule has 2 aromatic carbocycles. The molecule has 0 aliphatic carbocycles. The summed E-state index contributed by atoms with van der Waals surface area (Å²) in [6.07, 6.45) is 3.04. The highest BCUT2D eigenvalue weighted by molar-refractivity contribution is 6.50. The van der Waals surface area contributed by atoms with Gasteiger partial charge in [0.1, 0.15) is 0 Å². The highest BCUT2D eigenvalue weighted by Crippen LogP contribution is 2.23. The molecule has 0 heterocycles. The Labute approximate surface area is 301 Å². The summed E-state index contributed by atoms with van der Waals surface area (Å²) in [5.41, 5.74) is 19.5. The van der Waals surface area contributed by atoms with Crippen LogP contribution < -0.4 is 27.8 Å². The Kier molecular flexibility index (Phi) is 19.2. The number of ketones is 3. The van der Waals surface area contributed by atoms with Gasteiger partial charge in [0.25, 0.3) is 6.92 Å². The molecule has 0 fully saturated rings. The number of nitrogens with two attached hydrogens (primary N) is 3. The van der Waals surface area contributed by atoms with Crippen LogP contribution in [0.15, 0.2) is 48.5 Å². The molecule has 0 aliphatic heterocycles. The zero-order chi connectivity index (χ0) is 37.2. The second kappa shape index (κ2) is 22.4. The quantitative estimate of drug-likeness (QED) is 0.0529. The smallest absolute Gasteiger partial charge is 0.289 e. The number of benzene rings is 2. The summed E-state index contributed by atoms with van der Waals surface area (Å²) in [6.45, 7) is 5.09. The lowest BCUT2D eigenvalue weighted by atomic mass is 9.58. The lowest BCUT2D eigenvalue weighted by Crippen LogP contribution is -2.47. The average molecular weight is 712 g/mol. The number of unbranched alkanes of at least 4 members (excludes halogenated alkanes) is 2. The van der Waals surface area contributed by atoms with Gasteiger partial charge in [-0.1, -0.05) is 68.7 Å². The van der Waals surface area contributed by atoms with E-state index in [-0.39, 0.29) is 49.0 Å². The fourth-order valence-corrected chi connectivity index (χ4v) is 5.62. The van der Waals surface area contributed by atoms with Crippen molar-refractivity contribution >= 4 is 47.7 Å². The molecular formula is C37H55BClN5O6. The predicted octanol–water partition coefficient (Wildman–Crippen LogP) is 3.94. The minimum atomic E-state index is -0.902. The summed E-state index contributed by atoms with van der Waals surface area (Å²) in [6, 6.07) is 12.7. The molecular weight excluding hydrogens is 657 g/mol. The second-order valence-corrected chi connectivity index (χ2v) is 13.7. The van der Waals surface area contributed by atoms with E-state index in [1.807, 2.05) is 24.3 Å². The van der Waals surface area contributed by atoms with Crippen molar-refractivity contribution in [1.82, 2.24) is 10.6 Å². The molecule has 9 N–H and O–H groups in total. The van der Waals surface area contributed by atoms with Gasteiger partial charge in [-0.3, -0.25) is 24.0 Å². The van der Waals surface area contributed by atoms with Crippen molar-refractivity contribution in [3.05, 3.63) is 59.1 Å². The molecule has 2 amide bonds. The number of carbonyl (C=O) groups is 5. The SMILES string of the molecule is CB(O)[C@H](C)CC(=O)[C@H](CCCCN)NC(=O)[C@H](C)CC(=O)[C@H](CCCCN)NC(=O)[C@H](CN)CC(=O)c1ccc(-c2ccc(Cl)cc2)cc1. The molecule has 2 aromatic rings. The van der Waals surface area contributed by atoms with Crippen molar-refractivity contribution in [1.29, 1.82) is 0 Å². The number of amides is 2. The van der Waals surface area contributed by atoms with Crippen molar-refractivity contribution in [2.45, 2.75) is 96.4 Å². The molecule has 0 aromatic heterocycles. The lowest BCUT2D eigenvalue weighted by Gasteiger charge is -2.24. The number of rotatable bonds is 24. The minimum Gasteiger partial charge on any atom is -0.450 e. The van der Waals surface area contributed by atoms with Gasteiger partial charge in [-0.25, -0.2) is 0 Å². The van der Waals surface area contributed by atoms with E-state index in [0.29, 0.717) is 62.2 Å². The van der Waals surface area contributed by atoms with Crippen LogP contribution in [0.4, 0.5) is 0 Å². The van der Waals surface area contributed by atoms with Gasteiger partial charge in [0.05, 0.1) is 18.0 Å². The molecule has 50 heavy (non-hydrogen) atoms. The first kappa shape index (κ1) is 42.8. The topological polar surface area (TPSA) is 208 Å². The van der Waals surface area contributed by atoms with E-state index in [4.69, 9.17) is 28.8 Å². The Balaban J connectivity index is 2.08. The normalized spacial score (nSPS) is 14.2. The third-order valence-corrected chi connectivity index (χ3v) is 9.33. The van der Waals surface area contributed by atoms with E-state index >= 15 is 0 Å². The van der Waals surface area contributed by atoms with E-state index in [1.165, 1.54) is 0 Å². The number of nitrogens with one attached hydrogen (secondary N) is 2. The van der Waals surface area contributed by atoms with Crippen LogP contribution in [0.5, 0.6) is 0 Å². The highest BCUT2D eigenvalue weighted by Gasteiger charge is 2.31. The lowest BCUT2D eigenvalue weighted by molar-refractivity contribution is -0.134. The number of carbonyl (C=O) groups excluding carboxylic acids is 5. The van der Waals surface area contributed by atoms with Crippen LogP contribution in [0, 0.1) is 11.8 Å². The Morgan fingerprint density at radius 1 is 0.720 bits per heavy atom. The second-order valence-electron chi connectivity index (χ2n) is 13.3. The summed E-state index contributed by atoms with van der Waals surface area (Å²) < 4.78 is 0. The van der Waals surface area contributed by atoms with Crippen LogP contribution in [-0.2, 0) is 19.2 Å². The van der Waals surface area contributed by atoms with Gasteiger partial charge in [-0.15, -0.1) is 0 Å². The molecule has 2 rings (SSSR count). The van der Waals surface area contributed by atoms with Crippen molar-refractivity contribution in [3.63, 3.8) is 0 Å². The largest absolute Gasteiger partial charge is 0.450 e. The first-order valence-corrected chi connectivity index (χ1v) is 18.0. The van der Waals surface area contributed by atoms with Crippen LogP contribution in [0.25, 0.3) is 11.1 Å². The molecule has 0 saturated heterocycles. The van der Waals surface area contributed by atoms with Crippen LogP contribution in [0.2, 0.25) is 17.7 Å². The Morgan fingerprint density at radius 3 is 1.68 bits per heavy atom. The summed E-state index contributed by atoms with van der Waals surface area (Å²) in [4.78, 5) is 66.3. The summed E-state index contributed by atoms with van der Waals surface area (Å²) in [5, 5.41) is 16.1. The summed E-state index contributed by atoms with van der Waals surface area (Å²) in [7, 11) is 0. The zero-order valence-electron chi connectivity index (χ0n) is 29.7. The first-order valence-electron chi connectivity index (χ1n) is 17.6. The van der Waals surface area contributed by atoms with Gasteiger partial charge in [0, 0.05) is 42.3 Å². The number of Topliss-reactive ketones (excluding diaryl/α,β-unsaturated/α-hetero) is 3. The van der Waals surface area contributed by atoms with Gasteiger partial charge in [-0.2, -0.15) is 0 Å². The summed E-state index contributed by atoms with van der Waals surface area (Å²) >= 11 is 5.99. The third kappa shape index (κ3) is 14.4. The maximum absolute atomic E-state index is 13.5. The average Bonchev–Trinajstić information content (AvgIpc) is 3.09. The Hall–Kier alpha value is -3.42. The maximum Gasteiger partial charge on any atom is 0.289 e. The van der Waals surface area contributed by atoms with Gasteiger partial charge >= 0.3 is 0 Å². The summed E-state index contributed by atoms with van der Waals surface area (Å²) in [5.74, 6) is -3.67. The molecule has 0 bridgehead atoms. The standard InChI is InChI=1S/C37H55BClN5O6/c1-24(36(48)43-32(9-5-7-19-41)35(47)21-25(2)38(3)50)20-34(46)31(8-4-6-18-40)44-37(49)29(23-42)22-33(45)28-12-10-26(11-13-28)27-14-16-30(39)17-15-27/h10-17,24-25,29,31-32,50H,4-9,18-23,40-42H2,1-3H3,(H,43,48)(H,44,49)/t24-,25-,29+,31+,32+/m1/s1. The predicted molar refractivity (Wildman–Crippen MR) is 200 cm³/mol. The number of halogens is 1. The molecule has 0 aliphatic rings. The van der Waals surface area contributed by atoms with Gasteiger partial charge < -0.3 is 32.9 Å². The molecule has 0 saturated carbocycles. The molecule has 0 spiro atoms. The monoisotopic (exact) mass is 711 g/mol. The van der Waals surface area contributed by atoms with Crippen molar-refractivity contribution in [2.75, 3.05) is 19.6 Å². The number of hydrogen-bond donors (Lipinski definition) is 6. The molecule has 0 radical (unpaired) electrons. The van der Waals surface area contributed by atoms with Gasteiger partial charge in [-0.05, 0) is 80.7 Å². The van der Waals surface area contributed by atoms with Gasteiger partial charge in [0.15, 0.2) is 17.3 Å². The molecule has 0 unspecified atom stereocenters. The number of hydrogen-bond acceptors (Lipinski definition) is 9. The molecule has 11 nitrogen and oxygen atoms in total. The zero-order valence-corrected chi connectivity index (χ0v) is 30.4. The Bertz CT molecular complexity index is 1390. The van der Waals surface area contributed by atoms with E-state index < -0.39 is 42.6 Å². The minimum absolute atomic E-state index is 0.101. The maximum atomic E-state index is 13.5. The van der Waals surface area contributed by atoms with Crippen LogP contribution in [-0.4, -0.2) is 72.8 Å². The van der Waals surface area contributed by atoms with Crippen molar-refractivity contribution in [2.24, 2.45) is 29.0 Å². The van der Waals surface area contributed by atoms with E-state index in [9.17, 15) is 29.0 Å². The van der Waals surface area contributed by atoms with E-state index in [2.05, 4.69) is 10.6 Å². The highest BCUT2D eigenvalue weighted by atomic mass is 35.5. The van der Waals surface area contributed by atoms with Crippen LogP contribution in [0.3, 0.4) is 0 Å².